The standard InChI is InChI=1S/C10H20N2O5/c1-4-12(6-10(2,3)17)9(16)11-7(5-13)8(14)15/h7,13,17H,4-6H2,1-3H3,(H,11,16)(H,14,15)/t7-/m1/s1. The van der Waals surface area contributed by atoms with Gasteiger partial charge >= 0.3 is 12.0 Å². The highest BCUT2D eigenvalue weighted by Gasteiger charge is 2.25. The van der Waals surface area contributed by atoms with Crippen molar-refractivity contribution >= 4 is 12.0 Å². The monoisotopic (exact) mass is 248 g/mol. The van der Waals surface area contributed by atoms with Gasteiger partial charge in [0, 0.05) is 6.54 Å². The molecule has 7 heteroatoms. The summed E-state index contributed by atoms with van der Waals surface area (Å²) in [7, 11) is 0. The van der Waals surface area contributed by atoms with Gasteiger partial charge in [0.25, 0.3) is 0 Å². The lowest BCUT2D eigenvalue weighted by atomic mass is 10.1. The van der Waals surface area contributed by atoms with E-state index in [1.54, 1.807) is 20.8 Å². The maximum absolute atomic E-state index is 11.7. The number of carboxylic acid groups (broad SMARTS) is 1. The fourth-order valence-corrected chi connectivity index (χ4v) is 1.22. The van der Waals surface area contributed by atoms with E-state index in [2.05, 4.69) is 5.32 Å². The second-order valence-electron chi connectivity index (χ2n) is 4.35. The third-order valence-corrected chi connectivity index (χ3v) is 2.03. The molecule has 1 atom stereocenters. The molecule has 0 saturated heterocycles. The highest BCUT2D eigenvalue weighted by molar-refractivity contribution is 5.82. The van der Waals surface area contributed by atoms with Crippen molar-refractivity contribution in [3.63, 3.8) is 0 Å². The topological polar surface area (TPSA) is 110 Å². The van der Waals surface area contributed by atoms with Gasteiger partial charge in [0.15, 0.2) is 6.04 Å². The zero-order chi connectivity index (χ0) is 13.6. The first-order valence-electron chi connectivity index (χ1n) is 5.32. The third-order valence-electron chi connectivity index (χ3n) is 2.03. The number of carbonyl (C=O) groups excluding carboxylic acids is 1. The van der Waals surface area contributed by atoms with Crippen molar-refractivity contribution < 1.29 is 24.9 Å². The SMILES string of the molecule is CCN(CC(C)(C)O)C(=O)N[C@H](CO)C(=O)O. The Morgan fingerprint density at radius 1 is 1.41 bits per heavy atom. The lowest BCUT2D eigenvalue weighted by molar-refractivity contribution is -0.140. The molecule has 0 rings (SSSR count). The minimum absolute atomic E-state index is 0.0765. The molecule has 0 aromatic heterocycles. The molecule has 2 amide bonds. The summed E-state index contributed by atoms with van der Waals surface area (Å²) in [5.41, 5.74) is -1.06. The van der Waals surface area contributed by atoms with Crippen molar-refractivity contribution in [2.75, 3.05) is 19.7 Å². The number of hydrogen-bond acceptors (Lipinski definition) is 4. The number of aliphatic hydroxyl groups excluding tert-OH is 1. The Labute approximate surface area is 100 Å². The van der Waals surface area contributed by atoms with E-state index >= 15 is 0 Å². The number of rotatable bonds is 6. The van der Waals surface area contributed by atoms with Gasteiger partial charge in [0.05, 0.1) is 18.8 Å². The molecule has 0 fully saturated rings. The van der Waals surface area contributed by atoms with Crippen LogP contribution in [0.2, 0.25) is 0 Å². The second kappa shape index (κ2) is 6.41. The van der Waals surface area contributed by atoms with Gasteiger partial charge in [-0.15, -0.1) is 0 Å². The summed E-state index contributed by atoms with van der Waals surface area (Å²) in [5.74, 6) is -1.31. The summed E-state index contributed by atoms with van der Waals surface area (Å²) in [4.78, 5) is 23.5. The predicted molar refractivity (Wildman–Crippen MR) is 60.6 cm³/mol. The molecular weight excluding hydrogens is 228 g/mol. The Hall–Kier alpha value is -1.34. The number of urea groups is 1. The lowest BCUT2D eigenvalue weighted by Crippen LogP contribution is -2.52. The summed E-state index contributed by atoms with van der Waals surface area (Å²) in [6, 6.07) is -1.96. The molecule has 0 aliphatic heterocycles. The Bertz CT molecular complexity index is 274. The first-order valence-corrected chi connectivity index (χ1v) is 5.32. The number of aliphatic carboxylic acids is 1. The number of carbonyl (C=O) groups is 2. The Kier molecular flexibility index (Phi) is 5.90. The predicted octanol–water partition coefficient (Wildman–Crippen LogP) is -0.766. The van der Waals surface area contributed by atoms with E-state index in [1.807, 2.05) is 0 Å². The Morgan fingerprint density at radius 3 is 2.24 bits per heavy atom. The van der Waals surface area contributed by atoms with Gasteiger partial charge in [0.1, 0.15) is 0 Å². The van der Waals surface area contributed by atoms with Crippen molar-refractivity contribution in [1.82, 2.24) is 10.2 Å². The van der Waals surface area contributed by atoms with Crippen molar-refractivity contribution in [1.29, 1.82) is 0 Å². The summed E-state index contributed by atoms with van der Waals surface area (Å²) < 4.78 is 0. The second-order valence-corrected chi connectivity index (χ2v) is 4.35. The minimum Gasteiger partial charge on any atom is -0.480 e. The highest BCUT2D eigenvalue weighted by Crippen LogP contribution is 2.05. The molecular formula is C10H20N2O5. The number of likely N-dealkylation sites (N-methyl/N-ethyl adjacent to an activating group) is 1. The molecule has 0 unspecified atom stereocenters. The van der Waals surface area contributed by atoms with Gasteiger partial charge in [-0.05, 0) is 20.8 Å². The summed E-state index contributed by atoms with van der Waals surface area (Å²) >= 11 is 0. The molecule has 0 aromatic carbocycles. The molecule has 100 valence electrons. The highest BCUT2D eigenvalue weighted by atomic mass is 16.4. The van der Waals surface area contributed by atoms with E-state index in [-0.39, 0.29) is 6.54 Å². The van der Waals surface area contributed by atoms with Crippen molar-refractivity contribution in [3.05, 3.63) is 0 Å². The molecule has 0 spiro atoms. The summed E-state index contributed by atoms with van der Waals surface area (Å²) in [6.45, 7) is 4.52. The van der Waals surface area contributed by atoms with Crippen LogP contribution >= 0.6 is 0 Å². The van der Waals surface area contributed by atoms with Crippen LogP contribution < -0.4 is 5.32 Å². The van der Waals surface area contributed by atoms with E-state index in [0.29, 0.717) is 6.54 Å². The Balaban J connectivity index is 4.50. The maximum Gasteiger partial charge on any atom is 0.328 e. The fraction of sp³-hybridized carbons (Fsp3) is 0.800. The number of aliphatic hydroxyl groups is 2. The molecule has 0 aromatic rings. The van der Waals surface area contributed by atoms with E-state index < -0.39 is 30.3 Å². The average molecular weight is 248 g/mol. The average Bonchev–Trinajstić information content (AvgIpc) is 2.20. The fourth-order valence-electron chi connectivity index (χ4n) is 1.22. The van der Waals surface area contributed by atoms with E-state index in [9.17, 15) is 14.7 Å². The number of hydrogen-bond donors (Lipinski definition) is 4. The molecule has 0 heterocycles. The number of carboxylic acids is 1. The van der Waals surface area contributed by atoms with E-state index in [4.69, 9.17) is 10.2 Å². The maximum atomic E-state index is 11.7. The van der Waals surface area contributed by atoms with Crippen LogP contribution in [0.3, 0.4) is 0 Å². The van der Waals surface area contributed by atoms with Gasteiger partial charge in [0.2, 0.25) is 0 Å². The zero-order valence-corrected chi connectivity index (χ0v) is 10.3. The van der Waals surface area contributed by atoms with Crippen LogP contribution in [0.25, 0.3) is 0 Å². The molecule has 4 N–H and O–H groups in total. The molecule has 0 aliphatic carbocycles. The summed E-state index contributed by atoms with van der Waals surface area (Å²) in [6.07, 6.45) is 0. The van der Waals surface area contributed by atoms with Crippen LogP contribution in [-0.2, 0) is 4.79 Å². The Morgan fingerprint density at radius 2 is 1.94 bits per heavy atom. The largest absolute Gasteiger partial charge is 0.480 e. The summed E-state index contributed by atoms with van der Waals surface area (Å²) in [5, 5.41) is 29.2. The zero-order valence-electron chi connectivity index (χ0n) is 10.3. The lowest BCUT2D eigenvalue weighted by Gasteiger charge is -2.29. The van der Waals surface area contributed by atoms with Crippen molar-refractivity contribution in [2.45, 2.75) is 32.4 Å². The van der Waals surface area contributed by atoms with Crippen LogP contribution in [0, 0.1) is 0 Å². The van der Waals surface area contributed by atoms with E-state index in [1.165, 1.54) is 4.90 Å². The normalized spacial score (nSPS) is 13.0. The van der Waals surface area contributed by atoms with Gasteiger partial charge < -0.3 is 25.5 Å². The van der Waals surface area contributed by atoms with Gasteiger partial charge in [-0.1, -0.05) is 0 Å². The minimum atomic E-state index is -1.33. The molecule has 17 heavy (non-hydrogen) atoms. The van der Waals surface area contributed by atoms with E-state index in [0.717, 1.165) is 0 Å². The number of nitrogens with zero attached hydrogens (tertiary/aromatic N) is 1. The van der Waals surface area contributed by atoms with Crippen LogP contribution in [0.5, 0.6) is 0 Å². The molecule has 0 radical (unpaired) electrons. The number of nitrogens with one attached hydrogen (secondary N) is 1. The van der Waals surface area contributed by atoms with Crippen LogP contribution in [0.1, 0.15) is 20.8 Å². The van der Waals surface area contributed by atoms with Gasteiger partial charge in [-0.2, -0.15) is 0 Å². The smallest absolute Gasteiger partial charge is 0.328 e. The van der Waals surface area contributed by atoms with Crippen molar-refractivity contribution in [3.8, 4) is 0 Å². The first-order chi connectivity index (χ1) is 7.71. The molecule has 0 aliphatic rings. The molecule has 7 nitrogen and oxygen atoms in total. The van der Waals surface area contributed by atoms with Gasteiger partial charge in [-0.3, -0.25) is 0 Å². The first kappa shape index (κ1) is 15.7. The molecule has 0 bridgehead atoms. The van der Waals surface area contributed by atoms with Crippen LogP contribution in [-0.4, -0.2) is 63.6 Å². The number of amides is 2. The van der Waals surface area contributed by atoms with Gasteiger partial charge in [-0.25, -0.2) is 9.59 Å². The third kappa shape index (κ3) is 6.08. The quantitative estimate of drug-likeness (QED) is 0.493. The molecule has 0 saturated carbocycles. The van der Waals surface area contributed by atoms with Crippen LogP contribution in [0.15, 0.2) is 0 Å². The van der Waals surface area contributed by atoms with Crippen molar-refractivity contribution in [2.24, 2.45) is 0 Å². The van der Waals surface area contributed by atoms with Crippen LogP contribution in [0.4, 0.5) is 4.79 Å².